The van der Waals surface area contributed by atoms with Gasteiger partial charge in [0.15, 0.2) is 5.16 Å². The maximum atomic E-state index is 12.9. The lowest BCUT2D eigenvalue weighted by Crippen LogP contribution is -2.26. The van der Waals surface area contributed by atoms with Gasteiger partial charge in [-0.15, -0.1) is 10.2 Å². The molecule has 0 bridgehead atoms. The number of benzene rings is 2. The van der Waals surface area contributed by atoms with Crippen LogP contribution in [0.1, 0.15) is 16.2 Å². The van der Waals surface area contributed by atoms with Crippen molar-refractivity contribution >= 4 is 40.9 Å². The summed E-state index contributed by atoms with van der Waals surface area (Å²) in [5, 5.41) is 14.9. The second-order valence-electron chi connectivity index (χ2n) is 6.31. The van der Waals surface area contributed by atoms with Crippen molar-refractivity contribution < 1.29 is 14.0 Å². The Bertz CT molecular complexity index is 1020. The van der Waals surface area contributed by atoms with Gasteiger partial charge in [-0.25, -0.2) is 4.39 Å². The first-order valence-corrected chi connectivity index (χ1v) is 10.4. The van der Waals surface area contributed by atoms with E-state index in [1.807, 2.05) is 0 Å². The van der Waals surface area contributed by atoms with Crippen molar-refractivity contribution in [3.63, 3.8) is 0 Å². The lowest BCUT2D eigenvalue weighted by molar-refractivity contribution is -0.113. The molecular weight excluding hydrogens is 429 g/mol. The van der Waals surface area contributed by atoms with Gasteiger partial charge in [-0.3, -0.25) is 9.59 Å². The Hall–Kier alpha value is -2.91. The van der Waals surface area contributed by atoms with Gasteiger partial charge in [0.25, 0.3) is 5.91 Å². The quantitative estimate of drug-likeness (QED) is 0.517. The lowest BCUT2D eigenvalue weighted by Gasteiger charge is -2.07. The molecule has 0 fully saturated rings. The highest BCUT2D eigenvalue weighted by atomic mass is 35.5. The number of aromatic nitrogens is 3. The predicted molar refractivity (Wildman–Crippen MR) is 114 cm³/mol. The predicted octanol–water partition coefficient (Wildman–Crippen LogP) is 3.31. The van der Waals surface area contributed by atoms with E-state index in [1.165, 1.54) is 36.0 Å². The summed E-state index contributed by atoms with van der Waals surface area (Å²) in [6.07, 6.45) is 0.491. The monoisotopic (exact) mass is 447 g/mol. The molecule has 156 valence electrons. The van der Waals surface area contributed by atoms with Crippen LogP contribution >= 0.6 is 23.4 Å². The summed E-state index contributed by atoms with van der Waals surface area (Å²) >= 11 is 7.06. The van der Waals surface area contributed by atoms with Crippen LogP contribution in [0.5, 0.6) is 0 Å². The molecule has 3 aromatic rings. The minimum absolute atomic E-state index is 0.136. The van der Waals surface area contributed by atoms with E-state index in [0.29, 0.717) is 40.2 Å². The molecule has 30 heavy (non-hydrogen) atoms. The third kappa shape index (κ3) is 6.04. The van der Waals surface area contributed by atoms with Crippen LogP contribution in [0, 0.1) is 5.82 Å². The van der Waals surface area contributed by atoms with Crippen molar-refractivity contribution in [3.05, 3.63) is 70.8 Å². The summed E-state index contributed by atoms with van der Waals surface area (Å²) in [7, 11) is 1.80. The molecule has 0 saturated carbocycles. The van der Waals surface area contributed by atoms with Gasteiger partial charge in [-0.1, -0.05) is 23.4 Å². The summed E-state index contributed by atoms with van der Waals surface area (Å²) in [5.41, 5.74) is 1.05. The zero-order chi connectivity index (χ0) is 21.5. The summed E-state index contributed by atoms with van der Waals surface area (Å²) in [6, 6.07) is 12.2. The summed E-state index contributed by atoms with van der Waals surface area (Å²) in [6.45, 7) is 0.392. The van der Waals surface area contributed by atoms with Crippen LogP contribution in [0.25, 0.3) is 0 Å². The number of halogens is 2. The molecule has 1 heterocycles. The number of hydrogen-bond donors (Lipinski definition) is 2. The van der Waals surface area contributed by atoms with E-state index >= 15 is 0 Å². The number of nitrogens with one attached hydrogen (secondary N) is 2. The minimum Gasteiger partial charge on any atom is -0.352 e. The molecule has 3 rings (SSSR count). The average Bonchev–Trinajstić information content (AvgIpc) is 3.08. The van der Waals surface area contributed by atoms with E-state index in [2.05, 4.69) is 20.8 Å². The Balaban J connectivity index is 1.45. The molecule has 2 aromatic carbocycles. The molecule has 2 N–H and O–H groups in total. The summed E-state index contributed by atoms with van der Waals surface area (Å²) in [4.78, 5) is 24.2. The Kier molecular flexibility index (Phi) is 7.42. The van der Waals surface area contributed by atoms with Gasteiger partial charge in [0.05, 0.1) is 5.75 Å². The van der Waals surface area contributed by atoms with Gasteiger partial charge < -0.3 is 15.2 Å². The first-order chi connectivity index (χ1) is 14.4. The standard InChI is InChI=1S/C20H19ClFN5O2S/c1-27-17(10-11-23-19(29)13-2-4-14(21)5-3-13)25-26-20(27)30-12-18(28)24-16-8-6-15(22)7-9-16/h2-9H,10-12H2,1H3,(H,23,29)(H,24,28). The molecule has 0 radical (unpaired) electrons. The van der Waals surface area contributed by atoms with Crippen molar-refractivity contribution in [2.45, 2.75) is 11.6 Å². The van der Waals surface area contributed by atoms with Gasteiger partial charge >= 0.3 is 0 Å². The normalized spacial score (nSPS) is 10.6. The second kappa shape index (κ2) is 10.2. The number of hydrogen-bond acceptors (Lipinski definition) is 5. The first kappa shape index (κ1) is 21.8. The minimum atomic E-state index is -0.363. The van der Waals surface area contributed by atoms with Crippen LogP contribution in [0.15, 0.2) is 53.7 Å². The van der Waals surface area contributed by atoms with Crippen molar-refractivity contribution in [2.24, 2.45) is 7.05 Å². The van der Waals surface area contributed by atoms with Gasteiger partial charge in [-0.2, -0.15) is 0 Å². The maximum Gasteiger partial charge on any atom is 0.251 e. The molecule has 10 heteroatoms. The molecule has 0 aliphatic carbocycles. The molecule has 1 aromatic heterocycles. The van der Waals surface area contributed by atoms with E-state index in [1.54, 1.807) is 35.9 Å². The molecule has 7 nitrogen and oxygen atoms in total. The number of carbonyl (C=O) groups is 2. The molecule has 0 saturated heterocycles. The van der Waals surface area contributed by atoms with E-state index < -0.39 is 0 Å². The summed E-state index contributed by atoms with van der Waals surface area (Å²) in [5.74, 6) is 0.0369. The fourth-order valence-corrected chi connectivity index (χ4v) is 3.40. The highest BCUT2D eigenvalue weighted by Gasteiger charge is 2.12. The zero-order valence-electron chi connectivity index (χ0n) is 16.1. The largest absolute Gasteiger partial charge is 0.352 e. The van der Waals surface area contributed by atoms with Crippen LogP contribution < -0.4 is 10.6 Å². The highest BCUT2D eigenvalue weighted by molar-refractivity contribution is 7.99. The molecular formula is C20H19ClFN5O2S. The number of carbonyl (C=O) groups excluding carboxylic acids is 2. The number of anilines is 1. The van der Waals surface area contributed by atoms with E-state index in [0.717, 1.165) is 0 Å². The van der Waals surface area contributed by atoms with Crippen molar-refractivity contribution in [1.82, 2.24) is 20.1 Å². The molecule has 0 aliphatic heterocycles. The topological polar surface area (TPSA) is 88.9 Å². The third-order valence-corrected chi connectivity index (χ3v) is 5.40. The van der Waals surface area contributed by atoms with Crippen molar-refractivity contribution in [2.75, 3.05) is 17.6 Å². The van der Waals surface area contributed by atoms with E-state index in [9.17, 15) is 14.0 Å². The number of thioether (sulfide) groups is 1. The maximum absolute atomic E-state index is 12.9. The molecule has 0 unspecified atom stereocenters. The van der Waals surface area contributed by atoms with Crippen LogP contribution in [-0.4, -0.2) is 38.9 Å². The zero-order valence-corrected chi connectivity index (χ0v) is 17.6. The van der Waals surface area contributed by atoms with Gasteiger partial charge in [0, 0.05) is 36.3 Å². The Labute approximate surface area is 182 Å². The van der Waals surface area contributed by atoms with Crippen LogP contribution in [-0.2, 0) is 18.3 Å². The molecule has 0 aliphatic rings. The third-order valence-electron chi connectivity index (χ3n) is 4.13. The Morgan fingerprint density at radius 3 is 2.50 bits per heavy atom. The summed E-state index contributed by atoms with van der Waals surface area (Å²) < 4.78 is 14.7. The van der Waals surface area contributed by atoms with Crippen molar-refractivity contribution in [3.8, 4) is 0 Å². The average molecular weight is 448 g/mol. The number of nitrogens with zero attached hydrogens (tertiary/aromatic N) is 3. The first-order valence-electron chi connectivity index (χ1n) is 9.02. The van der Waals surface area contributed by atoms with Crippen LogP contribution in [0.2, 0.25) is 5.02 Å². The molecule has 0 spiro atoms. The number of amides is 2. The fraction of sp³-hybridized carbons (Fsp3) is 0.200. The van der Waals surface area contributed by atoms with Crippen molar-refractivity contribution in [1.29, 1.82) is 0 Å². The van der Waals surface area contributed by atoms with Gasteiger partial charge in [-0.05, 0) is 48.5 Å². The SMILES string of the molecule is Cn1c(CCNC(=O)c2ccc(Cl)cc2)nnc1SCC(=O)Nc1ccc(F)cc1. The smallest absolute Gasteiger partial charge is 0.251 e. The van der Waals surface area contributed by atoms with Gasteiger partial charge in [0.1, 0.15) is 11.6 Å². The van der Waals surface area contributed by atoms with Crippen LogP contribution in [0.3, 0.4) is 0 Å². The van der Waals surface area contributed by atoms with Crippen LogP contribution in [0.4, 0.5) is 10.1 Å². The number of rotatable bonds is 8. The van der Waals surface area contributed by atoms with E-state index in [-0.39, 0.29) is 23.4 Å². The second-order valence-corrected chi connectivity index (χ2v) is 7.69. The molecule has 0 atom stereocenters. The van der Waals surface area contributed by atoms with E-state index in [4.69, 9.17) is 11.6 Å². The Morgan fingerprint density at radius 2 is 1.80 bits per heavy atom. The lowest BCUT2D eigenvalue weighted by atomic mass is 10.2. The fourth-order valence-electron chi connectivity index (χ4n) is 2.54. The highest BCUT2D eigenvalue weighted by Crippen LogP contribution is 2.17. The van der Waals surface area contributed by atoms with Gasteiger partial charge in [0.2, 0.25) is 5.91 Å². The Morgan fingerprint density at radius 1 is 1.10 bits per heavy atom. The molecule has 2 amide bonds.